The highest BCUT2D eigenvalue weighted by atomic mass is 35.7. The fourth-order valence-electron chi connectivity index (χ4n) is 2.41. The number of rotatable bonds is 4. The standard InChI is InChI=1S/C11H22Cl2Si/c1-10(2)6-9-11(14(12)13)7-4-3-5-8-11/h10,14H,3-9H2,1-2H3. The number of halogens is 2. The summed E-state index contributed by atoms with van der Waals surface area (Å²) in [6.45, 7) is 4.57. The van der Waals surface area contributed by atoms with E-state index in [1.807, 2.05) is 0 Å². The lowest BCUT2D eigenvalue weighted by Gasteiger charge is -2.38. The first-order valence-electron chi connectivity index (χ1n) is 5.85. The Bertz CT molecular complexity index is 163. The largest absolute Gasteiger partial charge is 0.243 e. The van der Waals surface area contributed by atoms with Gasteiger partial charge >= 0.3 is 0 Å². The van der Waals surface area contributed by atoms with Gasteiger partial charge in [0, 0.05) is 0 Å². The van der Waals surface area contributed by atoms with Crippen LogP contribution in [0.5, 0.6) is 0 Å². The molecule has 1 saturated carbocycles. The van der Waals surface area contributed by atoms with Gasteiger partial charge in [0.2, 0.25) is 7.42 Å². The van der Waals surface area contributed by atoms with Crippen molar-refractivity contribution < 1.29 is 0 Å². The summed E-state index contributed by atoms with van der Waals surface area (Å²) in [5.41, 5.74) is 0. The van der Waals surface area contributed by atoms with Crippen molar-refractivity contribution in [2.24, 2.45) is 5.92 Å². The molecular weight excluding hydrogens is 231 g/mol. The Hall–Kier alpha value is 0.797. The van der Waals surface area contributed by atoms with E-state index >= 15 is 0 Å². The van der Waals surface area contributed by atoms with Gasteiger partial charge in [-0.2, -0.15) is 0 Å². The molecule has 0 aromatic heterocycles. The number of hydrogen-bond acceptors (Lipinski definition) is 0. The maximum Gasteiger partial charge on any atom is 0.243 e. The minimum atomic E-state index is -1.50. The average Bonchev–Trinajstić information content (AvgIpc) is 2.16. The summed E-state index contributed by atoms with van der Waals surface area (Å²) < 4.78 is 0. The van der Waals surface area contributed by atoms with Gasteiger partial charge in [0.1, 0.15) is 0 Å². The highest BCUT2D eigenvalue weighted by Gasteiger charge is 2.38. The molecule has 84 valence electrons. The summed E-state index contributed by atoms with van der Waals surface area (Å²) in [4.78, 5) is 0. The summed E-state index contributed by atoms with van der Waals surface area (Å²) in [7, 11) is -1.50. The zero-order valence-corrected chi connectivity index (χ0v) is 12.0. The molecule has 0 spiro atoms. The molecule has 1 aliphatic carbocycles. The molecule has 0 radical (unpaired) electrons. The van der Waals surface area contributed by atoms with Gasteiger partial charge in [-0.25, -0.2) is 0 Å². The molecule has 0 saturated heterocycles. The van der Waals surface area contributed by atoms with Crippen LogP contribution in [0.3, 0.4) is 0 Å². The molecule has 1 rings (SSSR count). The Balaban J connectivity index is 2.52. The molecule has 0 bridgehead atoms. The highest BCUT2D eigenvalue weighted by Crippen LogP contribution is 2.51. The number of hydrogen-bond donors (Lipinski definition) is 0. The molecule has 3 heteroatoms. The van der Waals surface area contributed by atoms with Crippen LogP contribution in [0, 0.1) is 5.92 Å². The zero-order valence-electron chi connectivity index (χ0n) is 9.36. The van der Waals surface area contributed by atoms with Crippen molar-refractivity contribution >= 4 is 29.6 Å². The lowest BCUT2D eigenvalue weighted by molar-refractivity contribution is 0.333. The third-order valence-electron chi connectivity index (χ3n) is 3.53. The van der Waals surface area contributed by atoms with Crippen molar-refractivity contribution in [1.82, 2.24) is 0 Å². The molecule has 1 fully saturated rings. The summed E-state index contributed by atoms with van der Waals surface area (Å²) in [5, 5.41) is 0.381. The fourth-order valence-corrected chi connectivity index (χ4v) is 5.60. The lowest BCUT2D eigenvalue weighted by atomic mass is 9.83. The molecule has 1 aliphatic rings. The van der Waals surface area contributed by atoms with E-state index in [1.54, 1.807) is 0 Å². The van der Waals surface area contributed by atoms with Gasteiger partial charge < -0.3 is 0 Å². The van der Waals surface area contributed by atoms with Crippen LogP contribution in [0.15, 0.2) is 0 Å². The molecule has 0 atom stereocenters. The maximum atomic E-state index is 6.30. The molecule has 0 aromatic rings. The van der Waals surface area contributed by atoms with Gasteiger partial charge in [-0.1, -0.05) is 39.5 Å². The second kappa shape index (κ2) is 5.76. The molecule has 0 nitrogen and oxygen atoms in total. The van der Waals surface area contributed by atoms with E-state index in [9.17, 15) is 0 Å². The first kappa shape index (κ1) is 12.9. The maximum absolute atomic E-state index is 6.30. The Morgan fingerprint density at radius 2 is 1.71 bits per heavy atom. The highest BCUT2D eigenvalue weighted by molar-refractivity contribution is 7.35. The Morgan fingerprint density at radius 1 is 1.14 bits per heavy atom. The van der Waals surface area contributed by atoms with Crippen LogP contribution in [-0.2, 0) is 0 Å². The molecule has 14 heavy (non-hydrogen) atoms. The molecule has 0 N–H and O–H groups in total. The normalized spacial score (nSPS) is 21.9. The summed E-state index contributed by atoms with van der Waals surface area (Å²) >= 11 is 12.6. The molecule has 0 aromatic carbocycles. The predicted octanol–water partition coefficient (Wildman–Crippen LogP) is 4.83. The van der Waals surface area contributed by atoms with Gasteiger partial charge in [0.25, 0.3) is 0 Å². The summed E-state index contributed by atoms with van der Waals surface area (Å²) in [6.07, 6.45) is 9.24. The van der Waals surface area contributed by atoms with Gasteiger partial charge in [0.15, 0.2) is 0 Å². The van der Waals surface area contributed by atoms with Crippen molar-refractivity contribution in [3.05, 3.63) is 0 Å². The first-order valence-corrected chi connectivity index (χ1v) is 9.92. The Morgan fingerprint density at radius 3 is 2.14 bits per heavy atom. The van der Waals surface area contributed by atoms with E-state index in [-0.39, 0.29) is 0 Å². The summed E-state index contributed by atoms with van der Waals surface area (Å²) in [5.74, 6) is 0.787. The Kier molecular flexibility index (Phi) is 5.30. The third kappa shape index (κ3) is 3.43. The van der Waals surface area contributed by atoms with Gasteiger partial charge in [-0.15, -0.1) is 22.2 Å². The average molecular weight is 253 g/mol. The van der Waals surface area contributed by atoms with Crippen molar-refractivity contribution in [3.8, 4) is 0 Å². The van der Waals surface area contributed by atoms with E-state index in [2.05, 4.69) is 13.8 Å². The van der Waals surface area contributed by atoms with Crippen molar-refractivity contribution in [2.75, 3.05) is 0 Å². The van der Waals surface area contributed by atoms with Crippen molar-refractivity contribution in [1.29, 1.82) is 0 Å². The molecule has 0 aliphatic heterocycles. The smallest absolute Gasteiger partial charge is 0.150 e. The van der Waals surface area contributed by atoms with E-state index in [1.165, 1.54) is 44.9 Å². The van der Waals surface area contributed by atoms with Gasteiger partial charge in [-0.3, -0.25) is 0 Å². The predicted molar refractivity (Wildman–Crippen MR) is 68.7 cm³/mol. The monoisotopic (exact) mass is 252 g/mol. The second-order valence-corrected chi connectivity index (χ2v) is 10.3. The van der Waals surface area contributed by atoms with Crippen LogP contribution < -0.4 is 0 Å². The van der Waals surface area contributed by atoms with Crippen LogP contribution in [0.25, 0.3) is 0 Å². The van der Waals surface area contributed by atoms with E-state index < -0.39 is 7.42 Å². The molecule has 0 unspecified atom stereocenters. The van der Waals surface area contributed by atoms with Gasteiger partial charge in [0.05, 0.1) is 0 Å². The van der Waals surface area contributed by atoms with Crippen LogP contribution >= 0.6 is 22.2 Å². The topological polar surface area (TPSA) is 0 Å². The first-order chi connectivity index (χ1) is 6.57. The van der Waals surface area contributed by atoms with E-state index in [0.717, 1.165) is 5.92 Å². The van der Waals surface area contributed by atoms with E-state index in [0.29, 0.717) is 5.04 Å². The van der Waals surface area contributed by atoms with E-state index in [4.69, 9.17) is 22.2 Å². The minimum absolute atomic E-state index is 0.381. The molecule has 0 amide bonds. The zero-order chi connectivity index (χ0) is 10.6. The van der Waals surface area contributed by atoms with Crippen molar-refractivity contribution in [3.63, 3.8) is 0 Å². The fraction of sp³-hybridized carbons (Fsp3) is 1.00. The SMILES string of the molecule is CC(C)CCC1([SiH](Cl)Cl)CCCCC1. The third-order valence-corrected chi connectivity index (χ3v) is 8.10. The molecule has 0 heterocycles. The van der Waals surface area contributed by atoms with Crippen molar-refractivity contribution in [2.45, 2.75) is 63.8 Å². The lowest BCUT2D eigenvalue weighted by Crippen LogP contribution is -2.27. The van der Waals surface area contributed by atoms with Crippen LogP contribution in [-0.4, -0.2) is 7.42 Å². The van der Waals surface area contributed by atoms with Crippen LogP contribution in [0.4, 0.5) is 0 Å². The molecular formula is C11H22Cl2Si. The van der Waals surface area contributed by atoms with Crippen LogP contribution in [0.1, 0.15) is 58.8 Å². The second-order valence-electron chi connectivity index (χ2n) is 5.16. The summed E-state index contributed by atoms with van der Waals surface area (Å²) in [6, 6.07) is 0. The van der Waals surface area contributed by atoms with Gasteiger partial charge in [-0.05, 0) is 30.2 Å². The quantitative estimate of drug-likeness (QED) is 0.497. The minimum Gasteiger partial charge on any atom is -0.150 e. The van der Waals surface area contributed by atoms with Crippen LogP contribution in [0.2, 0.25) is 5.04 Å². The Labute approximate surface area is 99.4 Å².